The normalized spacial score (nSPS) is 32.9. The zero-order valence-corrected chi connectivity index (χ0v) is 18.8. The molecule has 0 aromatic rings. The predicted molar refractivity (Wildman–Crippen MR) is 120 cm³/mol. The van der Waals surface area contributed by atoms with Crippen LogP contribution in [0.15, 0.2) is 34.9 Å². The predicted octanol–water partition coefficient (Wildman–Crippen LogP) is 8.65. The van der Waals surface area contributed by atoms with Crippen LogP contribution in [-0.2, 0) is 0 Å². The van der Waals surface area contributed by atoms with Crippen LogP contribution in [0.25, 0.3) is 0 Å². The van der Waals surface area contributed by atoms with Gasteiger partial charge < -0.3 is 0 Å². The van der Waals surface area contributed by atoms with Crippen LogP contribution in [0.2, 0.25) is 0 Å². The fourth-order valence-corrected chi connectivity index (χ4v) is 6.53. The zero-order chi connectivity index (χ0) is 19.4. The molecule has 0 spiro atoms. The Hall–Kier alpha value is -0.780. The fraction of sp³-hybridized carbons (Fsp3) is 0.778. The molecular weight excluding hydrogens is 324 g/mol. The third-order valence-electron chi connectivity index (χ3n) is 8.28. The summed E-state index contributed by atoms with van der Waals surface area (Å²) in [4.78, 5) is 0. The van der Waals surface area contributed by atoms with Gasteiger partial charge in [-0.05, 0) is 98.5 Å². The first-order chi connectivity index (χ1) is 12.9. The van der Waals surface area contributed by atoms with E-state index in [-0.39, 0.29) is 0 Å². The Labute approximate surface area is 169 Å². The Balaban J connectivity index is 1.67. The summed E-state index contributed by atoms with van der Waals surface area (Å²) in [5.74, 6) is 3.49. The lowest BCUT2D eigenvalue weighted by molar-refractivity contribution is 0.107. The number of rotatable bonds is 7. The van der Waals surface area contributed by atoms with E-state index in [0.717, 1.165) is 23.7 Å². The van der Waals surface area contributed by atoms with E-state index in [1.165, 1.54) is 70.6 Å². The molecule has 3 aliphatic carbocycles. The molecule has 0 saturated heterocycles. The molecule has 0 heteroatoms. The SMILES string of the molecule is CC1=C(/C=C\C2=CCC[C@]3(C)[C@@H]([C@H](C)CCCC(C)C)CC[C@@H]23)CCCC1. The largest absolute Gasteiger partial charge is 0.0810 e. The van der Waals surface area contributed by atoms with Crippen molar-refractivity contribution in [3.8, 4) is 0 Å². The van der Waals surface area contributed by atoms with E-state index in [9.17, 15) is 0 Å². The lowest BCUT2D eigenvalue weighted by Gasteiger charge is -2.43. The smallest absolute Gasteiger partial charge is 0.0108 e. The molecule has 3 rings (SSSR count). The Morgan fingerprint density at radius 2 is 1.85 bits per heavy atom. The second kappa shape index (κ2) is 9.15. The van der Waals surface area contributed by atoms with E-state index in [1.54, 1.807) is 16.7 Å². The zero-order valence-electron chi connectivity index (χ0n) is 18.8. The summed E-state index contributed by atoms with van der Waals surface area (Å²) in [6.07, 6.45) is 22.8. The van der Waals surface area contributed by atoms with E-state index in [0.29, 0.717) is 5.41 Å². The van der Waals surface area contributed by atoms with Crippen LogP contribution in [0.4, 0.5) is 0 Å². The van der Waals surface area contributed by atoms with Crippen molar-refractivity contribution in [2.24, 2.45) is 29.1 Å². The van der Waals surface area contributed by atoms with Gasteiger partial charge in [0.2, 0.25) is 0 Å². The highest BCUT2D eigenvalue weighted by Crippen LogP contribution is 2.58. The van der Waals surface area contributed by atoms with Crippen LogP contribution >= 0.6 is 0 Å². The molecule has 1 fully saturated rings. The average molecular weight is 369 g/mol. The monoisotopic (exact) mass is 368 g/mol. The Morgan fingerprint density at radius 3 is 2.59 bits per heavy atom. The number of hydrogen-bond acceptors (Lipinski definition) is 0. The lowest BCUT2D eigenvalue weighted by Crippen LogP contribution is -2.35. The van der Waals surface area contributed by atoms with Crippen LogP contribution in [-0.4, -0.2) is 0 Å². The molecular formula is C27H44. The van der Waals surface area contributed by atoms with Crippen LogP contribution in [0.5, 0.6) is 0 Å². The van der Waals surface area contributed by atoms with Crippen molar-refractivity contribution in [2.45, 2.75) is 105 Å². The third kappa shape index (κ3) is 4.80. The van der Waals surface area contributed by atoms with Gasteiger partial charge in [-0.15, -0.1) is 0 Å². The molecule has 0 bridgehead atoms. The van der Waals surface area contributed by atoms with Crippen LogP contribution in [0.1, 0.15) is 105 Å². The van der Waals surface area contributed by atoms with Gasteiger partial charge in [0.15, 0.2) is 0 Å². The second-order valence-electron chi connectivity index (χ2n) is 10.6. The molecule has 152 valence electrons. The molecule has 3 aliphatic rings. The van der Waals surface area contributed by atoms with Gasteiger partial charge in [0.25, 0.3) is 0 Å². The average Bonchev–Trinajstić information content (AvgIpc) is 2.98. The van der Waals surface area contributed by atoms with Gasteiger partial charge in [0.1, 0.15) is 0 Å². The van der Waals surface area contributed by atoms with Gasteiger partial charge in [-0.3, -0.25) is 0 Å². The molecule has 0 aliphatic heterocycles. The minimum absolute atomic E-state index is 0.543. The highest BCUT2D eigenvalue weighted by atomic mass is 14.5. The lowest BCUT2D eigenvalue weighted by atomic mass is 9.62. The van der Waals surface area contributed by atoms with E-state index in [2.05, 4.69) is 52.8 Å². The maximum absolute atomic E-state index is 2.64. The van der Waals surface area contributed by atoms with Gasteiger partial charge in [-0.25, -0.2) is 0 Å². The van der Waals surface area contributed by atoms with Crippen molar-refractivity contribution < 1.29 is 0 Å². The van der Waals surface area contributed by atoms with E-state index in [4.69, 9.17) is 0 Å². The summed E-state index contributed by atoms with van der Waals surface area (Å²) in [5.41, 5.74) is 5.49. The molecule has 0 N–H and O–H groups in total. The fourth-order valence-electron chi connectivity index (χ4n) is 6.53. The third-order valence-corrected chi connectivity index (χ3v) is 8.28. The quantitative estimate of drug-likeness (QED) is 0.421. The highest BCUT2D eigenvalue weighted by molar-refractivity contribution is 5.35. The van der Waals surface area contributed by atoms with Crippen LogP contribution in [0.3, 0.4) is 0 Å². The standard InChI is InChI=1S/C27H44/c1-20(2)10-8-12-22(4)25-17-18-26-24(14-9-19-27(25,26)5)16-15-23-13-7-6-11-21(23)3/h14-16,20,22,25-26H,6-13,17-19H2,1-5H3/b16-15-/t22-,25-,26+,27-/m1/s1. The maximum atomic E-state index is 2.64. The Bertz CT molecular complexity index is 587. The van der Waals surface area contributed by atoms with Crippen LogP contribution < -0.4 is 0 Å². The van der Waals surface area contributed by atoms with Gasteiger partial charge in [0.05, 0.1) is 0 Å². The number of allylic oxidation sites excluding steroid dienone is 6. The summed E-state index contributed by atoms with van der Waals surface area (Å²) < 4.78 is 0. The summed E-state index contributed by atoms with van der Waals surface area (Å²) >= 11 is 0. The molecule has 0 unspecified atom stereocenters. The molecule has 0 nitrogen and oxygen atoms in total. The Morgan fingerprint density at radius 1 is 1.07 bits per heavy atom. The van der Waals surface area contributed by atoms with Crippen molar-refractivity contribution in [1.29, 1.82) is 0 Å². The molecule has 0 heterocycles. The first-order valence-electron chi connectivity index (χ1n) is 12.0. The number of hydrogen-bond donors (Lipinski definition) is 0. The summed E-state index contributed by atoms with van der Waals surface area (Å²) in [6, 6.07) is 0. The van der Waals surface area contributed by atoms with E-state index in [1.807, 2.05) is 0 Å². The van der Waals surface area contributed by atoms with Crippen molar-refractivity contribution in [3.63, 3.8) is 0 Å². The van der Waals surface area contributed by atoms with Gasteiger partial charge in [-0.2, -0.15) is 0 Å². The summed E-state index contributed by atoms with van der Waals surface area (Å²) in [5, 5.41) is 0. The minimum Gasteiger partial charge on any atom is -0.0810 e. The topological polar surface area (TPSA) is 0 Å². The minimum atomic E-state index is 0.543. The first-order valence-corrected chi connectivity index (χ1v) is 12.0. The molecule has 0 aromatic carbocycles. The summed E-state index contributed by atoms with van der Waals surface area (Å²) in [7, 11) is 0. The molecule has 27 heavy (non-hydrogen) atoms. The highest BCUT2D eigenvalue weighted by Gasteiger charge is 2.49. The van der Waals surface area contributed by atoms with E-state index >= 15 is 0 Å². The molecule has 0 aromatic heterocycles. The van der Waals surface area contributed by atoms with Crippen LogP contribution in [0, 0.1) is 29.1 Å². The van der Waals surface area contributed by atoms with Crippen molar-refractivity contribution in [2.75, 3.05) is 0 Å². The van der Waals surface area contributed by atoms with Gasteiger partial charge >= 0.3 is 0 Å². The van der Waals surface area contributed by atoms with Crippen molar-refractivity contribution >= 4 is 0 Å². The molecule has 0 amide bonds. The van der Waals surface area contributed by atoms with Crippen molar-refractivity contribution in [1.82, 2.24) is 0 Å². The Kier molecular flexibility index (Phi) is 7.09. The maximum Gasteiger partial charge on any atom is -0.0108 e. The molecule has 0 radical (unpaired) electrons. The van der Waals surface area contributed by atoms with Gasteiger partial charge in [0, 0.05) is 0 Å². The molecule has 1 saturated carbocycles. The molecule has 4 atom stereocenters. The van der Waals surface area contributed by atoms with E-state index < -0.39 is 0 Å². The van der Waals surface area contributed by atoms with Crippen molar-refractivity contribution in [3.05, 3.63) is 34.9 Å². The summed E-state index contributed by atoms with van der Waals surface area (Å²) in [6.45, 7) is 12.3. The van der Waals surface area contributed by atoms with Gasteiger partial charge in [-0.1, -0.05) is 70.8 Å². The number of fused-ring (bicyclic) bond motifs is 1. The first kappa shape index (κ1) is 20.9. The second-order valence-corrected chi connectivity index (χ2v) is 10.6.